The summed E-state index contributed by atoms with van der Waals surface area (Å²) in [5.41, 5.74) is 5.22. The van der Waals surface area contributed by atoms with Crippen LogP contribution in [0.2, 0.25) is 0 Å². The van der Waals surface area contributed by atoms with Crippen molar-refractivity contribution in [2.75, 3.05) is 27.9 Å². The average molecular weight is 554 g/mol. The first kappa shape index (κ1) is 27.9. The SMILES string of the molecule is COc1cc2c(cc1OC)C(Cc1cc(OCc3ccccc3)c(OC)c(OCc3ccccc3)c1)N(C=O)CC2. The van der Waals surface area contributed by atoms with Crippen LogP contribution in [-0.2, 0) is 30.8 Å². The van der Waals surface area contributed by atoms with Crippen molar-refractivity contribution in [1.82, 2.24) is 4.90 Å². The molecule has 1 unspecified atom stereocenters. The lowest BCUT2D eigenvalue weighted by atomic mass is 9.88. The fraction of sp³-hybridized carbons (Fsp3) is 0.265. The molecule has 41 heavy (non-hydrogen) atoms. The number of amides is 1. The zero-order valence-electron chi connectivity index (χ0n) is 23.7. The van der Waals surface area contributed by atoms with E-state index in [2.05, 4.69) is 0 Å². The molecule has 7 heteroatoms. The van der Waals surface area contributed by atoms with Gasteiger partial charge in [0.05, 0.1) is 27.4 Å². The van der Waals surface area contributed by atoms with Gasteiger partial charge >= 0.3 is 0 Å². The zero-order valence-corrected chi connectivity index (χ0v) is 23.7. The average Bonchev–Trinajstić information content (AvgIpc) is 3.03. The molecule has 1 atom stereocenters. The van der Waals surface area contributed by atoms with Crippen molar-refractivity contribution in [3.63, 3.8) is 0 Å². The second-order valence-corrected chi connectivity index (χ2v) is 9.89. The predicted octanol–water partition coefficient (Wildman–Crippen LogP) is 6.17. The maximum atomic E-state index is 12.2. The molecule has 7 nitrogen and oxygen atoms in total. The van der Waals surface area contributed by atoms with Gasteiger partial charge in [0.2, 0.25) is 12.2 Å². The van der Waals surface area contributed by atoms with E-state index >= 15 is 0 Å². The molecule has 0 spiro atoms. The highest BCUT2D eigenvalue weighted by Gasteiger charge is 2.29. The fourth-order valence-electron chi connectivity index (χ4n) is 5.26. The molecule has 212 valence electrons. The second-order valence-electron chi connectivity index (χ2n) is 9.89. The Hall–Kier alpha value is -4.65. The van der Waals surface area contributed by atoms with Crippen LogP contribution in [-0.4, -0.2) is 39.2 Å². The third-order valence-electron chi connectivity index (χ3n) is 7.37. The van der Waals surface area contributed by atoms with Gasteiger partial charge in [0, 0.05) is 6.54 Å². The minimum absolute atomic E-state index is 0.201. The van der Waals surface area contributed by atoms with Crippen LogP contribution in [0.4, 0.5) is 0 Å². The van der Waals surface area contributed by atoms with E-state index in [1.54, 1.807) is 21.3 Å². The van der Waals surface area contributed by atoms with Crippen molar-refractivity contribution in [2.24, 2.45) is 0 Å². The van der Waals surface area contributed by atoms with Gasteiger partial charge in [-0.15, -0.1) is 0 Å². The topological polar surface area (TPSA) is 66.5 Å². The molecular weight excluding hydrogens is 518 g/mol. The van der Waals surface area contributed by atoms with E-state index in [1.807, 2.05) is 89.8 Å². The first-order valence-corrected chi connectivity index (χ1v) is 13.6. The molecule has 0 aromatic heterocycles. The number of methoxy groups -OCH3 is 3. The van der Waals surface area contributed by atoms with Crippen LogP contribution in [0.1, 0.15) is 33.9 Å². The van der Waals surface area contributed by atoms with Crippen LogP contribution in [0.25, 0.3) is 0 Å². The third-order valence-corrected chi connectivity index (χ3v) is 7.37. The van der Waals surface area contributed by atoms with E-state index in [9.17, 15) is 4.79 Å². The van der Waals surface area contributed by atoms with Crippen LogP contribution in [0.3, 0.4) is 0 Å². The Bertz CT molecular complexity index is 1390. The van der Waals surface area contributed by atoms with E-state index < -0.39 is 0 Å². The molecule has 0 aliphatic carbocycles. The first-order chi connectivity index (χ1) is 20.1. The predicted molar refractivity (Wildman–Crippen MR) is 157 cm³/mol. The number of benzene rings is 4. The number of nitrogens with zero attached hydrogens (tertiary/aromatic N) is 1. The van der Waals surface area contributed by atoms with Crippen molar-refractivity contribution < 1.29 is 28.5 Å². The number of carbonyl (C=O) groups is 1. The Morgan fingerprint density at radius 1 is 0.707 bits per heavy atom. The zero-order chi connectivity index (χ0) is 28.6. The summed E-state index contributed by atoms with van der Waals surface area (Å²) in [6, 6.07) is 27.7. The maximum absolute atomic E-state index is 12.2. The Labute approximate surface area is 241 Å². The molecule has 4 aromatic carbocycles. The van der Waals surface area contributed by atoms with Gasteiger partial charge in [-0.05, 0) is 64.9 Å². The van der Waals surface area contributed by atoms with Gasteiger partial charge in [-0.3, -0.25) is 4.79 Å². The van der Waals surface area contributed by atoms with Crippen LogP contribution in [0, 0.1) is 0 Å². The van der Waals surface area contributed by atoms with Crippen LogP contribution in [0.5, 0.6) is 28.7 Å². The summed E-state index contributed by atoms with van der Waals surface area (Å²) in [5.74, 6) is 3.01. The van der Waals surface area contributed by atoms with Gasteiger partial charge in [-0.2, -0.15) is 0 Å². The number of hydrogen-bond acceptors (Lipinski definition) is 6. The maximum Gasteiger partial charge on any atom is 0.210 e. The Morgan fingerprint density at radius 3 is 1.78 bits per heavy atom. The molecule has 5 rings (SSSR count). The van der Waals surface area contributed by atoms with Crippen LogP contribution < -0.4 is 23.7 Å². The lowest BCUT2D eigenvalue weighted by Gasteiger charge is -2.35. The summed E-state index contributed by atoms with van der Waals surface area (Å²) >= 11 is 0. The highest BCUT2D eigenvalue weighted by molar-refractivity contribution is 5.57. The Balaban J connectivity index is 1.51. The Morgan fingerprint density at radius 2 is 1.27 bits per heavy atom. The number of ether oxygens (including phenoxy) is 5. The molecule has 1 aliphatic rings. The van der Waals surface area contributed by atoms with Crippen molar-refractivity contribution >= 4 is 6.41 Å². The molecule has 0 fully saturated rings. The number of hydrogen-bond donors (Lipinski definition) is 0. The molecule has 0 bridgehead atoms. The molecule has 0 saturated heterocycles. The van der Waals surface area contributed by atoms with Crippen LogP contribution >= 0.6 is 0 Å². The minimum atomic E-state index is -0.201. The van der Waals surface area contributed by atoms with Crippen molar-refractivity contribution in [1.29, 1.82) is 0 Å². The van der Waals surface area contributed by atoms with Gasteiger partial charge in [-0.1, -0.05) is 60.7 Å². The lowest BCUT2D eigenvalue weighted by Crippen LogP contribution is -2.35. The molecule has 4 aromatic rings. The third kappa shape index (κ3) is 6.40. The number of carbonyl (C=O) groups excluding carboxylic acids is 1. The molecular formula is C34H35NO6. The number of fused-ring (bicyclic) bond motifs is 1. The van der Waals surface area contributed by atoms with E-state index in [0.29, 0.717) is 54.9 Å². The van der Waals surface area contributed by atoms with Gasteiger partial charge in [0.15, 0.2) is 23.0 Å². The summed E-state index contributed by atoms with van der Waals surface area (Å²) in [6.45, 7) is 1.37. The van der Waals surface area contributed by atoms with E-state index in [4.69, 9.17) is 23.7 Å². The summed E-state index contributed by atoms with van der Waals surface area (Å²) in [4.78, 5) is 14.0. The molecule has 1 aliphatic heterocycles. The highest BCUT2D eigenvalue weighted by Crippen LogP contribution is 2.43. The lowest BCUT2D eigenvalue weighted by molar-refractivity contribution is -0.120. The summed E-state index contributed by atoms with van der Waals surface area (Å²) in [5, 5.41) is 0. The monoisotopic (exact) mass is 553 g/mol. The van der Waals surface area contributed by atoms with E-state index in [0.717, 1.165) is 40.6 Å². The highest BCUT2D eigenvalue weighted by atomic mass is 16.5. The van der Waals surface area contributed by atoms with Gasteiger partial charge in [-0.25, -0.2) is 0 Å². The molecule has 0 saturated carbocycles. The Kier molecular flexibility index (Phi) is 8.94. The smallest absolute Gasteiger partial charge is 0.210 e. The van der Waals surface area contributed by atoms with Gasteiger partial charge < -0.3 is 28.6 Å². The number of rotatable bonds is 12. The van der Waals surface area contributed by atoms with Crippen LogP contribution in [0.15, 0.2) is 84.9 Å². The second kappa shape index (κ2) is 13.1. The minimum Gasteiger partial charge on any atom is -0.493 e. The van der Waals surface area contributed by atoms with Gasteiger partial charge in [0.1, 0.15) is 13.2 Å². The summed E-state index contributed by atoms with van der Waals surface area (Å²) in [7, 11) is 4.87. The first-order valence-electron chi connectivity index (χ1n) is 13.6. The fourth-order valence-corrected chi connectivity index (χ4v) is 5.26. The van der Waals surface area contributed by atoms with Gasteiger partial charge in [0.25, 0.3) is 0 Å². The standard InChI is InChI=1S/C34H35NO6/c1-37-30-19-27-14-15-35(23-36)29(28(27)20-31(30)38-2)16-26-17-32(40-21-24-10-6-4-7-11-24)34(39-3)33(18-26)41-22-25-12-8-5-9-13-25/h4-13,17-20,23,29H,14-16,21-22H2,1-3H3. The quantitative estimate of drug-likeness (QED) is 0.196. The normalized spacial score (nSPS) is 14.1. The summed E-state index contributed by atoms with van der Waals surface area (Å²) < 4.78 is 29.5. The summed E-state index contributed by atoms with van der Waals surface area (Å²) in [6.07, 6.45) is 2.21. The molecule has 1 heterocycles. The largest absolute Gasteiger partial charge is 0.493 e. The van der Waals surface area contributed by atoms with E-state index in [-0.39, 0.29) is 6.04 Å². The van der Waals surface area contributed by atoms with Crippen molar-refractivity contribution in [3.05, 3.63) is 113 Å². The molecule has 0 N–H and O–H groups in total. The molecule has 1 amide bonds. The van der Waals surface area contributed by atoms with E-state index in [1.165, 1.54) is 0 Å². The van der Waals surface area contributed by atoms with Crippen molar-refractivity contribution in [2.45, 2.75) is 32.1 Å². The molecule has 0 radical (unpaired) electrons. The van der Waals surface area contributed by atoms with Crippen molar-refractivity contribution in [3.8, 4) is 28.7 Å².